The van der Waals surface area contributed by atoms with E-state index >= 15 is 0 Å². The van der Waals surface area contributed by atoms with Gasteiger partial charge in [-0.1, -0.05) is 25.1 Å². The third kappa shape index (κ3) is 5.19. The molecule has 0 spiro atoms. The molecular formula is C24H25F2N3O4. The van der Waals surface area contributed by atoms with Crippen LogP contribution in [0.2, 0.25) is 0 Å². The number of aryl methyl sites for hydroxylation is 3. The smallest absolute Gasteiger partial charge is 0.335 e. The minimum Gasteiger partial charge on any atom is -0.478 e. The Bertz CT molecular complexity index is 1170. The van der Waals surface area contributed by atoms with Gasteiger partial charge in [-0.25, -0.2) is 18.3 Å². The largest absolute Gasteiger partial charge is 0.478 e. The minimum absolute atomic E-state index is 0.0952. The number of rotatable bonds is 8. The number of alkyl halides is 2. The Balaban J connectivity index is 1.92. The van der Waals surface area contributed by atoms with Crippen LogP contribution in [0.1, 0.15) is 69.4 Å². The van der Waals surface area contributed by atoms with Gasteiger partial charge < -0.3 is 15.2 Å². The number of carboxylic acid groups (broad SMARTS) is 1. The predicted molar refractivity (Wildman–Crippen MR) is 118 cm³/mol. The van der Waals surface area contributed by atoms with Crippen molar-refractivity contribution in [2.45, 2.75) is 39.7 Å². The van der Waals surface area contributed by atoms with Crippen molar-refractivity contribution in [3.05, 3.63) is 76.0 Å². The average Bonchev–Trinajstić information content (AvgIpc) is 3.11. The monoisotopic (exact) mass is 457 g/mol. The van der Waals surface area contributed by atoms with Gasteiger partial charge in [-0.15, -0.1) is 0 Å². The van der Waals surface area contributed by atoms with Gasteiger partial charge >= 0.3 is 5.97 Å². The van der Waals surface area contributed by atoms with Crippen LogP contribution in [-0.4, -0.2) is 26.8 Å². The van der Waals surface area contributed by atoms with E-state index in [0.717, 1.165) is 22.2 Å². The summed E-state index contributed by atoms with van der Waals surface area (Å²) in [6.07, 6.45) is -2.22. The lowest BCUT2D eigenvalue weighted by molar-refractivity contribution is 0.0696. The molecule has 3 aromatic rings. The van der Waals surface area contributed by atoms with E-state index in [1.165, 1.54) is 19.2 Å². The second-order valence-corrected chi connectivity index (χ2v) is 7.66. The van der Waals surface area contributed by atoms with Crippen LogP contribution >= 0.6 is 0 Å². The molecule has 1 amide bonds. The average molecular weight is 457 g/mol. The van der Waals surface area contributed by atoms with Crippen molar-refractivity contribution < 1.29 is 28.2 Å². The van der Waals surface area contributed by atoms with E-state index < -0.39 is 30.0 Å². The third-order valence-electron chi connectivity index (χ3n) is 5.38. The van der Waals surface area contributed by atoms with Crippen LogP contribution in [0.5, 0.6) is 11.6 Å². The van der Waals surface area contributed by atoms with Crippen molar-refractivity contribution in [2.24, 2.45) is 7.05 Å². The SMILES string of the molecule is CCc1cc(Oc2c(C(=O)N[C@@H](C)c3ccc(C(=O)O)cc3)c(C(F)F)nn2C)ccc1C. The highest BCUT2D eigenvalue weighted by atomic mass is 19.3. The summed E-state index contributed by atoms with van der Waals surface area (Å²) in [5.74, 6) is -1.53. The van der Waals surface area contributed by atoms with Crippen molar-refractivity contribution in [1.82, 2.24) is 15.1 Å². The summed E-state index contributed by atoms with van der Waals surface area (Å²) in [4.78, 5) is 24.1. The fraction of sp³-hybridized carbons (Fsp3) is 0.292. The van der Waals surface area contributed by atoms with E-state index in [-0.39, 0.29) is 17.0 Å². The zero-order chi connectivity index (χ0) is 24.3. The quantitative estimate of drug-likeness (QED) is 0.484. The number of carboxylic acids is 1. The Morgan fingerprint density at radius 3 is 2.42 bits per heavy atom. The van der Waals surface area contributed by atoms with E-state index in [0.29, 0.717) is 11.3 Å². The molecule has 0 unspecified atom stereocenters. The number of hydrogen-bond donors (Lipinski definition) is 2. The summed E-state index contributed by atoms with van der Waals surface area (Å²) >= 11 is 0. The number of aromatic carboxylic acids is 1. The minimum atomic E-state index is -2.98. The van der Waals surface area contributed by atoms with Gasteiger partial charge in [0.2, 0.25) is 5.88 Å². The molecule has 3 rings (SSSR count). The van der Waals surface area contributed by atoms with Crippen LogP contribution < -0.4 is 10.1 Å². The van der Waals surface area contributed by atoms with Gasteiger partial charge in [-0.3, -0.25) is 4.79 Å². The molecule has 0 fully saturated rings. The first-order chi connectivity index (χ1) is 15.6. The molecule has 7 nitrogen and oxygen atoms in total. The first-order valence-corrected chi connectivity index (χ1v) is 10.4. The molecule has 0 aliphatic carbocycles. The molecule has 0 aliphatic rings. The standard InChI is InChI=1S/C24H25F2N3O4/c1-5-15-12-18(11-6-13(15)2)33-23-19(20(21(25)26)28-29(23)4)22(30)27-14(3)16-7-9-17(10-8-16)24(31)32/h6-12,14,21H,5H2,1-4H3,(H,27,30)(H,31,32)/t14-/m0/s1. The van der Waals surface area contributed by atoms with E-state index in [9.17, 15) is 18.4 Å². The molecule has 0 radical (unpaired) electrons. The Kier molecular flexibility index (Phi) is 7.10. The maximum Gasteiger partial charge on any atom is 0.335 e. The number of carbonyl (C=O) groups is 2. The lowest BCUT2D eigenvalue weighted by atomic mass is 10.1. The molecular weight excluding hydrogens is 432 g/mol. The molecule has 1 heterocycles. The van der Waals surface area contributed by atoms with Crippen LogP contribution in [0.3, 0.4) is 0 Å². The Hall–Kier alpha value is -3.75. The maximum atomic E-state index is 13.7. The van der Waals surface area contributed by atoms with Gasteiger partial charge in [0.1, 0.15) is 17.0 Å². The number of halogens is 2. The fourth-order valence-electron chi connectivity index (χ4n) is 3.48. The number of ether oxygens (including phenoxy) is 1. The summed E-state index contributed by atoms with van der Waals surface area (Å²) in [7, 11) is 1.43. The number of nitrogens with one attached hydrogen (secondary N) is 1. The highest BCUT2D eigenvalue weighted by molar-refractivity contribution is 5.98. The fourth-order valence-corrected chi connectivity index (χ4v) is 3.48. The normalized spacial score (nSPS) is 12.0. The lowest BCUT2D eigenvalue weighted by Crippen LogP contribution is -2.27. The second-order valence-electron chi connectivity index (χ2n) is 7.66. The summed E-state index contributed by atoms with van der Waals surface area (Å²) in [6.45, 7) is 5.62. The first-order valence-electron chi connectivity index (χ1n) is 10.4. The summed E-state index contributed by atoms with van der Waals surface area (Å²) in [5, 5.41) is 15.5. The van der Waals surface area contributed by atoms with Crippen LogP contribution in [0.15, 0.2) is 42.5 Å². The molecule has 0 aliphatic heterocycles. The topological polar surface area (TPSA) is 93.4 Å². The molecule has 1 atom stereocenters. The lowest BCUT2D eigenvalue weighted by Gasteiger charge is -2.16. The molecule has 0 saturated carbocycles. The second kappa shape index (κ2) is 9.81. The van der Waals surface area contributed by atoms with Crippen molar-refractivity contribution in [3.63, 3.8) is 0 Å². The van der Waals surface area contributed by atoms with Crippen molar-refractivity contribution in [3.8, 4) is 11.6 Å². The van der Waals surface area contributed by atoms with Gasteiger partial charge in [0, 0.05) is 7.05 Å². The first kappa shape index (κ1) is 23.9. The number of nitrogens with zero attached hydrogens (tertiary/aromatic N) is 2. The molecule has 0 bridgehead atoms. The van der Waals surface area contributed by atoms with Gasteiger partial charge in [0.15, 0.2) is 0 Å². The van der Waals surface area contributed by atoms with Crippen molar-refractivity contribution in [2.75, 3.05) is 0 Å². The van der Waals surface area contributed by atoms with Crippen LogP contribution in [0, 0.1) is 6.92 Å². The predicted octanol–water partition coefficient (Wildman–Crippen LogP) is 5.21. The highest BCUT2D eigenvalue weighted by Crippen LogP contribution is 2.33. The number of amides is 1. The molecule has 2 N–H and O–H groups in total. The van der Waals surface area contributed by atoms with Crippen LogP contribution in [0.4, 0.5) is 8.78 Å². The molecule has 33 heavy (non-hydrogen) atoms. The number of carbonyl (C=O) groups excluding carboxylic acids is 1. The zero-order valence-corrected chi connectivity index (χ0v) is 18.7. The molecule has 2 aromatic carbocycles. The summed E-state index contributed by atoms with van der Waals surface area (Å²) in [5.41, 5.74) is 1.80. The Morgan fingerprint density at radius 2 is 1.85 bits per heavy atom. The van der Waals surface area contributed by atoms with Gasteiger partial charge in [-0.05, 0) is 61.2 Å². The highest BCUT2D eigenvalue weighted by Gasteiger charge is 2.30. The Morgan fingerprint density at radius 1 is 1.18 bits per heavy atom. The van der Waals surface area contributed by atoms with E-state index in [1.54, 1.807) is 31.2 Å². The summed E-state index contributed by atoms with van der Waals surface area (Å²) < 4.78 is 34.4. The van der Waals surface area contributed by atoms with Crippen LogP contribution in [0.25, 0.3) is 0 Å². The molecule has 0 saturated heterocycles. The molecule has 174 valence electrons. The van der Waals surface area contributed by atoms with Gasteiger partial charge in [0.05, 0.1) is 11.6 Å². The zero-order valence-electron chi connectivity index (χ0n) is 18.7. The molecule has 9 heteroatoms. The number of aromatic nitrogens is 2. The van der Waals surface area contributed by atoms with Crippen molar-refractivity contribution in [1.29, 1.82) is 0 Å². The number of hydrogen-bond acceptors (Lipinski definition) is 4. The third-order valence-corrected chi connectivity index (χ3v) is 5.38. The molecule has 1 aromatic heterocycles. The van der Waals surface area contributed by atoms with Crippen LogP contribution in [-0.2, 0) is 13.5 Å². The van der Waals surface area contributed by atoms with Crippen molar-refractivity contribution >= 4 is 11.9 Å². The maximum absolute atomic E-state index is 13.7. The van der Waals surface area contributed by atoms with E-state index in [4.69, 9.17) is 9.84 Å². The van der Waals surface area contributed by atoms with E-state index in [2.05, 4.69) is 10.4 Å². The number of benzene rings is 2. The van der Waals surface area contributed by atoms with E-state index in [1.807, 2.05) is 19.9 Å². The summed E-state index contributed by atoms with van der Waals surface area (Å²) in [6, 6.07) is 10.7. The van der Waals surface area contributed by atoms with Gasteiger partial charge in [-0.2, -0.15) is 5.10 Å². The Labute approximate surface area is 190 Å². The van der Waals surface area contributed by atoms with Gasteiger partial charge in [0.25, 0.3) is 12.3 Å².